The van der Waals surface area contributed by atoms with Gasteiger partial charge < -0.3 is 10.2 Å². The largest absolute Gasteiger partial charge is 0.344 e. The fourth-order valence-electron chi connectivity index (χ4n) is 2.75. The molecular weight excluding hydrogens is 344 g/mol. The second-order valence-electron chi connectivity index (χ2n) is 5.87. The third-order valence-corrected chi connectivity index (χ3v) is 4.12. The first kappa shape index (κ1) is 20.2. The van der Waals surface area contributed by atoms with Crippen molar-refractivity contribution in [1.29, 1.82) is 0 Å². The number of aliphatic imine (C=N–C) groups is 1. The van der Waals surface area contributed by atoms with Gasteiger partial charge >= 0.3 is 0 Å². The number of rotatable bonds is 8. The molecule has 0 bridgehead atoms. The Balaban J connectivity index is 2.39. The van der Waals surface area contributed by atoms with Gasteiger partial charge in [0.1, 0.15) is 5.84 Å². The smallest absolute Gasteiger partial charge is 0.280 e. The summed E-state index contributed by atoms with van der Waals surface area (Å²) in [6, 6.07) is -0.584. The van der Waals surface area contributed by atoms with Crippen molar-refractivity contribution < 1.29 is 9.59 Å². The van der Waals surface area contributed by atoms with Gasteiger partial charge in [0, 0.05) is 38.7 Å². The second kappa shape index (κ2) is 9.54. The summed E-state index contributed by atoms with van der Waals surface area (Å²) < 4.78 is 0. The minimum absolute atomic E-state index is 0.0791. The average Bonchev–Trinajstić information content (AvgIpc) is 2.95. The topological polar surface area (TPSA) is 90.8 Å². The van der Waals surface area contributed by atoms with Crippen molar-refractivity contribution in [1.82, 2.24) is 25.1 Å². The lowest BCUT2D eigenvalue weighted by Gasteiger charge is -2.26. The van der Waals surface area contributed by atoms with E-state index in [2.05, 4.69) is 33.4 Å². The zero-order valence-electron chi connectivity index (χ0n) is 15.6. The molecule has 0 radical (unpaired) electrons. The van der Waals surface area contributed by atoms with Crippen LogP contribution in [0.4, 0.5) is 0 Å². The molecule has 1 aromatic rings. The Labute approximate surface area is 159 Å². The van der Waals surface area contributed by atoms with E-state index in [1.807, 2.05) is 7.05 Å². The fourth-order valence-corrected chi connectivity index (χ4v) is 2.75. The highest BCUT2D eigenvalue weighted by Gasteiger charge is 2.42. The molecule has 0 aliphatic carbocycles. The minimum Gasteiger partial charge on any atom is -0.344 e. The number of amides is 2. The summed E-state index contributed by atoms with van der Waals surface area (Å²) >= 11 is 0. The standard InChI is InChI=1S/C19H24N6O2/c1-5-7-8-15(21-6-2)25-14(13-16(26)24(4)12-11-20-3)17-18(19(25)27)23-10-9-22-17/h5-10,14,20H,1-2,11-13H2,3-4H3/b8-7-,21-15+. The third-order valence-electron chi connectivity index (χ3n) is 4.12. The number of amidine groups is 1. The van der Waals surface area contributed by atoms with Gasteiger partial charge in [0.05, 0.1) is 18.2 Å². The van der Waals surface area contributed by atoms with Crippen molar-refractivity contribution in [3.8, 4) is 0 Å². The van der Waals surface area contributed by atoms with Crippen LogP contribution in [0.5, 0.6) is 0 Å². The molecule has 1 N–H and O–H groups in total. The van der Waals surface area contributed by atoms with Gasteiger partial charge in [-0.05, 0) is 13.1 Å². The van der Waals surface area contributed by atoms with Crippen molar-refractivity contribution >= 4 is 17.6 Å². The van der Waals surface area contributed by atoms with E-state index in [1.165, 1.54) is 23.5 Å². The normalized spacial score (nSPS) is 16.5. The van der Waals surface area contributed by atoms with Gasteiger partial charge in [-0.1, -0.05) is 25.3 Å². The number of aromatic nitrogens is 2. The van der Waals surface area contributed by atoms with Gasteiger partial charge in [-0.25, -0.2) is 9.98 Å². The van der Waals surface area contributed by atoms with E-state index >= 15 is 0 Å². The van der Waals surface area contributed by atoms with Gasteiger partial charge in [-0.3, -0.25) is 19.5 Å². The molecule has 27 heavy (non-hydrogen) atoms. The summed E-state index contributed by atoms with van der Waals surface area (Å²) in [5, 5.41) is 3.01. The Hall–Kier alpha value is -3.13. The van der Waals surface area contributed by atoms with Crippen LogP contribution in [0.3, 0.4) is 0 Å². The summed E-state index contributed by atoms with van der Waals surface area (Å²) in [6.45, 7) is 8.48. The van der Waals surface area contributed by atoms with Crippen molar-refractivity contribution in [3.63, 3.8) is 0 Å². The van der Waals surface area contributed by atoms with Gasteiger partial charge in [0.2, 0.25) is 5.91 Å². The zero-order valence-corrected chi connectivity index (χ0v) is 15.6. The van der Waals surface area contributed by atoms with Crippen LogP contribution < -0.4 is 5.32 Å². The second-order valence-corrected chi connectivity index (χ2v) is 5.87. The van der Waals surface area contributed by atoms with Crippen LogP contribution in [-0.2, 0) is 4.79 Å². The number of carbonyl (C=O) groups is 2. The number of hydrogen-bond acceptors (Lipinski definition) is 6. The molecule has 142 valence electrons. The quantitative estimate of drug-likeness (QED) is 0.425. The van der Waals surface area contributed by atoms with E-state index in [4.69, 9.17) is 0 Å². The maximum Gasteiger partial charge on any atom is 0.280 e. The van der Waals surface area contributed by atoms with Crippen LogP contribution in [0.15, 0.2) is 55.0 Å². The molecule has 0 saturated carbocycles. The maximum atomic E-state index is 12.9. The van der Waals surface area contributed by atoms with E-state index in [-0.39, 0.29) is 23.9 Å². The van der Waals surface area contributed by atoms with Crippen molar-refractivity contribution in [2.24, 2.45) is 4.99 Å². The lowest BCUT2D eigenvalue weighted by molar-refractivity contribution is -0.130. The SMILES string of the molecule is C=C/C=C\C(=N/C=C)N1C(=O)c2nccnc2C1CC(=O)N(C)CCNC. The van der Waals surface area contributed by atoms with Crippen molar-refractivity contribution in [2.45, 2.75) is 12.5 Å². The molecule has 2 rings (SSSR count). The molecule has 8 heteroatoms. The molecule has 1 aromatic heterocycles. The lowest BCUT2D eigenvalue weighted by Crippen LogP contribution is -2.38. The Morgan fingerprint density at radius 3 is 2.81 bits per heavy atom. The molecule has 1 atom stereocenters. The zero-order chi connectivity index (χ0) is 19.8. The van der Waals surface area contributed by atoms with Crippen LogP contribution in [0.25, 0.3) is 0 Å². The van der Waals surface area contributed by atoms with Crippen LogP contribution in [-0.4, -0.2) is 64.6 Å². The summed E-state index contributed by atoms with van der Waals surface area (Å²) in [5.74, 6) is -0.0920. The summed E-state index contributed by atoms with van der Waals surface area (Å²) in [6.07, 6.45) is 9.28. The number of fused-ring (bicyclic) bond motifs is 1. The molecule has 8 nitrogen and oxygen atoms in total. The monoisotopic (exact) mass is 368 g/mol. The first-order valence-electron chi connectivity index (χ1n) is 8.56. The average molecular weight is 368 g/mol. The summed E-state index contributed by atoms with van der Waals surface area (Å²) in [4.78, 5) is 41.3. The van der Waals surface area contributed by atoms with Crippen molar-refractivity contribution in [3.05, 3.63) is 61.4 Å². The molecule has 2 heterocycles. The maximum absolute atomic E-state index is 12.9. The number of nitrogens with one attached hydrogen (secondary N) is 1. The predicted molar refractivity (Wildman–Crippen MR) is 104 cm³/mol. The van der Waals surface area contributed by atoms with Crippen LogP contribution in [0.2, 0.25) is 0 Å². The number of carbonyl (C=O) groups excluding carboxylic acids is 2. The molecule has 0 aromatic carbocycles. The first-order valence-corrected chi connectivity index (χ1v) is 8.56. The molecule has 0 fully saturated rings. The van der Waals surface area contributed by atoms with E-state index in [1.54, 1.807) is 30.2 Å². The van der Waals surface area contributed by atoms with Gasteiger partial charge in [0.25, 0.3) is 5.91 Å². The van der Waals surface area contributed by atoms with E-state index < -0.39 is 6.04 Å². The van der Waals surface area contributed by atoms with Crippen LogP contribution >= 0.6 is 0 Å². The number of likely N-dealkylation sites (N-methyl/N-ethyl adjacent to an activating group) is 2. The molecule has 0 spiro atoms. The molecule has 2 amide bonds. The Morgan fingerprint density at radius 1 is 1.41 bits per heavy atom. The summed E-state index contributed by atoms with van der Waals surface area (Å²) in [7, 11) is 3.56. The third kappa shape index (κ3) is 4.53. The van der Waals surface area contributed by atoms with Crippen LogP contribution in [0, 0.1) is 0 Å². The number of allylic oxidation sites excluding steroid dienone is 2. The lowest BCUT2D eigenvalue weighted by atomic mass is 10.1. The fraction of sp³-hybridized carbons (Fsp3) is 0.316. The van der Waals surface area contributed by atoms with Gasteiger partial charge in [-0.15, -0.1) is 0 Å². The minimum atomic E-state index is -0.584. The first-order chi connectivity index (χ1) is 13.0. The Morgan fingerprint density at radius 2 is 2.15 bits per heavy atom. The highest BCUT2D eigenvalue weighted by atomic mass is 16.2. The van der Waals surface area contributed by atoms with Gasteiger partial charge in [-0.2, -0.15) is 0 Å². The van der Waals surface area contributed by atoms with E-state index in [0.717, 1.165) is 0 Å². The van der Waals surface area contributed by atoms with Crippen LogP contribution in [0.1, 0.15) is 28.6 Å². The van der Waals surface area contributed by atoms with E-state index in [0.29, 0.717) is 24.6 Å². The molecule has 1 aliphatic rings. The molecule has 1 aliphatic heterocycles. The van der Waals surface area contributed by atoms with Crippen molar-refractivity contribution in [2.75, 3.05) is 27.2 Å². The predicted octanol–water partition coefficient (Wildman–Crippen LogP) is 1.33. The number of nitrogens with zero attached hydrogens (tertiary/aromatic N) is 5. The van der Waals surface area contributed by atoms with Gasteiger partial charge in [0.15, 0.2) is 5.69 Å². The van der Waals surface area contributed by atoms with E-state index in [9.17, 15) is 9.59 Å². The highest BCUT2D eigenvalue weighted by molar-refractivity contribution is 6.12. The Bertz CT molecular complexity index is 786. The number of hydrogen-bond donors (Lipinski definition) is 1. The Kier molecular flexibility index (Phi) is 7.13. The molecule has 1 unspecified atom stereocenters. The molecule has 0 saturated heterocycles. The highest BCUT2D eigenvalue weighted by Crippen LogP contribution is 2.34. The molecular formula is C19H24N6O2. The summed E-state index contributed by atoms with van der Waals surface area (Å²) in [5.41, 5.74) is 0.707.